The van der Waals surface area contributed by atoms with Crippen LogP contribution in [0.25, 0.3) is 0 Å². The van der Waals surface area contributed by atoms with E-state index in [0.717, 1.165) is 26.2 Å². The lowest BCUT2D eigenvalue weighted by molar-refractivity contribution is 0.104. The van der Waals surface area contributed by atoms with E-state index in [-0.39, 0.29) is 0 Å². The summed E-state index contributed by atoms with van der Waals surface area (Å²) >= 11 is 0. The van der Waals surface area contributed by atoms with Crippen LogP contribution in [0.2, 0.25) is 0 Å². The molecular weight excluding hydrogens is 224 g/mol. The molecule has 0 spiro atoms. The summed E-state index contributed by atoms with van der Waals surface area (Å²) in [6.45, 7) is 14.4. The third-order valence-corrected chi connectivity index (χ3v) is 3.13. The monoisotopic (exact) mass is 258 g/mol. The third kappa shape index (κ3) is 8.90. The van der Waals surface area contributed by atoms with Gasteiger partial charge in [0.1, 0.15) is 0 Å². The first kappa shape index (κ1) is 17.9. The Morgan fingerprint density at radius 1 is 1.17 bits per heavy atom. The number of ether oxygens (including phenoxy) is 1. The first-order valence-electron chi connectivity index (χ1n) is 7.59. The quantitative estimate of drug-likeness (QED) is 0.545. The SMILES string of the molecule is CCCNCC(CCC)N(CCOC)CC(C)C. The van der Waals surface area contributed by atoms with Gasteiger partial charge >= 0.3 is 0 Å². The maximum atomic E-state index is 5.25. The summed E-state index contributed by atoms with van der Waals surface area (Å²) in [4.78, 5) is 2.60. The normalized spacial score (nSPS) is 13.5. The van der Waals surface area contributed by atoms with Crippen LogP contribution in [-0.2, 0) is 4.74 Å². The summed E-state index contributed by atoms with van der Waals surface area (Å²) in [5, 5.41) is 3.57. The molecule has 0 amide bonds. The van der Waals surface area contributed by atoms with Crippen molar-refractivity contribution in [1.29, 1.82) is 0 Å². The van der Waals surface area contributed by atoms with Gasteiger partial charge in [-0.1, -0.05) is 34.1 Å². The number of nitrogens with zero attached hydrogens (tertiary/aromatic N) is 1. The lowest BCUT2D eigenvalue weighted by Gasteiger charge is -2.33. The van der Waals surface area contributed by atoms with Crippen LogP contribution < -0.4 is 5.32 Å². The van der Waals surface area contributed by atoms with Crippen molar-refractivity contribution < 1.29 is 4.74 Å². The van der Waals surface area contributed by atoms with Crippen molar-refractivity contribution in [2.75, 3.05) is 39.9 Å². The van der Waals surface area contributed by atoms with Gasteiger partial charge in [0, 0.05) is 32.8 Å². The second kappa shape index (κ2) is 11.9. The van der Waals surface area contributed by atoms with Crippen molar-refractivity contribution in [3.63, 3.8) is 0 Å². The summed E-state index contributed by atoms with van der Waals surface area (Å²) in [6, 6.07) is 0.652. The van der Waals surface area contributed by atoms with Gasteiger partial charge in [-0.3, -0.25) is 4.90 Å². The van der Waals surface area contributed by atoms with Crippen LogP contribution in [0.4, 0.5) is 0 Å². The second-order valence-electron chi connectivity index (χ2n) is 5.53. The first-order valence-corrected chi connectivity index (χ1v) is 7.59. The topological polar surface area (TPSA) is 24.5 Å². The van der Waals surface area contributed by atoms with Gasteiger partial charge in [0.2, 0.25) is 0 Å². The van der Waals surface area contributed by atoms with Crippen LogP contribution in [0, 0.1) is 5.92 Å². The van der Waals surface area contributed by atoms with Gasteiger partial charge < -0.3 is 10.1 Å². The van der Waals surface area contributed by atoms with Crippen molar-refractivity contribution >= 4 is 0 Å². The lowest BCUT2D eigenvalue weighted by Crippen LogP contribution is -2.45. The highest BCUT2D eigenvalue weighted by atomic mass is 16.5. The molecule has 18 heavy (non-hydrogen) atoms. The molecule has 3 nitrogen and oxygen atoms in total. The van der Waals surface area contributed by atoms with Gasteiger partial charge in [-0.15, -0.1) is 0 Å². The van der Waals surface area contributed by atoms with E-state index >= 15 is 0 Å². The van der Waals surface area contributed by atoms with E-state index in [4.69, 9.17) is 4.74 Å². The Labute approximate surface area is 114 Å². The lowest BCUT2D eigenvalue weighted by atomic mass is 10.1. The zero-order valence-corrected chi connectivity index (χ0v) is 13.2. The Hall–Kier alpha value is -0.120. The van der Waals surface area contributed by atoms with Crippen LogP contribution in [0.5, 0.6) is 0 Å². The zero-order chi connectivity index (χ0) is 13.8. The van der Waals surface area contributed by atoms with Crippen molar-refractivity contribution in [2.24, 2.45) is 5.92 Å². The smallest absolute Gasteiger partial charge is 0.0589 e. The molecule has 0 radical (unpaired) electrons. The second-order valence-corrected chi connectivity index (χ2v) is 5.53. The van der Waals surface area contributed by atoms with Crippen LogP contribution in [0.15, 0.2) is 0 Å². The predicted octanol–water partition coefficient (Wildman–Crippen LogP) is 2.76. The van der Waals surface area contributed by atoms with Crippen LogP contribution in [0.1, 0.15) is 47.0 Å². The number of hydrogen-bond donors (Lipinski definition) is 1. The maximum Gasteiger partial charge on any atom is 0.0589 e. The van der Waals surface area contributed by atoms with E-state index in [2.05, 4.69) is 37.9 Å². The molecule has 3 heteroatoms. The van der Waals surface area contributed by atoms with Gasteiger partial charge in [-0.05, 0) is 25.3 Å². The molecule has 1 atom stereocenters. The molecule has 0 aliphatic heterocycles. The third-order valence-electron chi connectivity index (χ3n) is 3.13. The van der Waals surface area contributed by atoms with Gasteiger partial charge in [0.15, 0.2) is 0 Å². The Morgan fingerprint density at radius 2 is 1.89 bits per heavy atom. The van der Waals surface area contributed by atoms with Gasteiger partial charge in [-0.25, -0.2) is 0 Å². The standard InChI is InChI=1S/C15H34N2O/c1-6-8-15(12-16-9-7-2)17(10-11-18-5)13-14(3)4/h14-16H,6-13H2,1-5H3. The van der Waals surface area contributed by atoms with E-state index in [1.165, 1.54) is 25.8 Å². The molecule has 0 aromatic rings. The predicted molar refractivity (Wildman–Crippen MR) is 80.1 cm³/mol. The Balaban J connectivity index is 4.31. The Morgan fingerprint density at radius 3 is 2.39 bits per heavy atom. The summed E-state index contributed by atoms with van der Waals surface area (Å²) < 4.78 is 5.25. The molecule has 0 saturated heterocycles. The summed E-state index contributed by atoms with van der Waals surface area (Å²) in [5.74, 6) is 0.715. The largest absolute Gasteiger partial charge is 0.383 e. The van der Waals surface area contributed by atoms with Crippen molar-refractivity contribution in [3.8, 4) is 0 Å². The molecule has 110 valence electrons. The minimum absolute atomic E-state index is 0.652. The number of nitrogens with one attached hydrogen (secondary N) is 1. The van der Waals surface area contributed by atoms with E-state index in [9.17, 15) is 0 Å². The molecule has 0 aromatic heterocycles. The molecule has 1 unspecified atom stereocenters. The molecule has 1 N–H and O–H groups in total. The molecule has 0 heterocycles. The molecule has 0 saturated carbocycles. The van der Waals surface area contributed by atoms with Gasteiger partial charge in [0.05, 0.1) is 6.61 Å². The fourth-order valence-electron chi connectivity index (χ4n) is 2.29. The zero-order valence-electron chi connectivity index (χ0n) is 13.2. The molecule has 0 bridgehead atoms. The van der Waals surface area contributed by atoms with E-state index < -0.39 is 0 Å². The van der Waals surface area contributed by atoms with Crippen LogP contribution in [-0.4, -0.2) is 50.8 Å². The molecule has 0 aromatic carbocycles. The summed E-state index contributed by atoms with van der Waals surface area (Å²) in [6.07, 6.45) is 3.73. The molecule has 0 aliphatic carbocycles. The van der Waals surface area contributed by atoms with Crippen LogP contribution >= 0.6 is 0 Å². The minimum atomic E-state index is 0.652. The first-order chi connectivity index (χ1) is 8.65. The molecule has 0 rings (SSSR count). The molecule has 0 fully saturated rings. The highest BCUT2D eigenvalue weighted by molar-refractivity contribution is 4.75. The molecule has 0 aliphatic rings. The van der Waals surface area contributed by atoms with Gasteiger partial charge in [0.25, 0.3) is 0 Å². The van der Waals surface area contributed by atoms with Crippen LogP contribution in [0.3, 0.4) is 0 Å². The van der Waals surface area contributed by atoms with Crippen molar-refractivity contribution in [3.05, 3.63) is 0 Å². The minimum Gasteiger partial charge on any atom is -0.383 e. The van der Waals surface area contributed by atoms with Crippen molar-refractivity contribution in [2.45, 2.75) is 53.0 Å². The Bertz CT molecular complexity index is 174. The van der Waals surface area contributed by atoms with Gasteiger partial charge in [-0.2, -0.15) is 0 Å². The highest BCUT2D eigenvalue weighted by Crippen LogP contribution is 2.09. The average Bonchev–Trinajstić information content (AvgIpc) is 2.33. The molecular formula is C15H34N2O. The number of methoxy groups -OCH3 is 1. The van der Waals surface area contributed by atoms with E-state index in [0.29, 0.717) is 12.0 Å². The fraction of sp³-hybridized carbons (Fsp3) is 1.00. The summed E-state index contributed by atoms with van der Waals surface area (Å²) in [7, 11) is 1.79. The summed E-state index contributed by atoms with van der Waals surface area (Å²) in [5.41, 5.74) is 0. The Kier molecular flexibility index (Phi) is 11.9. The average molecular weight is 258 g/mol. The van der Waals surface area contributed by atoms with E-state index in [1.54, 1.807) is 7.11 Å². The van der Waals surface area contributed by atoms with Crippen molar-refractivity contribution in [1.82, 2.24) is 10.2 Å². The fourth-order valence-corrected chi connectivity index (χ4v) is 2.29. The maximum absolute atomic E-state index is 5.25. The highest BCUT2D eigenvalue weighted by Gasteiger charge is 2.18. The number of hydrogen-bond acceptors (Lipinski definition) is 3. The van der Waals surface area contributed by atoms with E-state index in [1.807, 2.05) is 0 Å². The number of rotatable bonds is 12.